The molecule has 6 heteroatoms. The Hall–Kier alpha value is -2.89. The number of benzene rings is 1. The Balaban J connectivity index is 1.33. The number of fused-ring (bicyclic) bond motifs is 2. The fourth-order valence-electron chi connectivity index (χ4n) is 4.48. The predicted octanol–water partition coefficient (Wildman–Crippen LogP) is 1.43. The van der Waals surface area contributed by atoms with E-state index in [0.717, 1.165) is 12.8 Å². The van der Waals surface area contributed by atoms with E-state index in [1.165, 1.54) is 22.1 Å². The minimum atomic E-state index is -0.245. The van der Waals surface area contributed by atoms with Crippen LogP contribution in [0.5, 0.6) is 0 Å². The molecule has 146 valence electrons. The third kappa shape index (κ3) is 3.23. The van der Waals surface area contributed by atoms with E-state index >= 15 is 0 Å². The van der Waals surface area contributed by atoms with Crippen LogP contribution in [0.2, 0.25) is 0 Å². The molecular weight excluding hydrogens is 354 g/mol. The van der Waals surface area contributed by atoms with Gasteiger partial charge >= 0.3 is 0 Å². The number of hydrogen-bond acceptors (Lipinski definition) is 3. The van der Waals surface area contributed by atoms with Gasteiger partial charge in [-0.15, -0.1) is 0 Å². The number of nitrogens with zero attached hydrogens (tertiary/aromatic N) is 3. The third-order valence-electron chi connectivity index (χ3n) is 6.22. The van der Waals surface area contributed by atoms with Crippen LogP contribution >= 0.6 is 0 Å². The number of carbonyl (C=O) groups excluding carboxylic acids is 3. The van der Waals surface area contributed by atoms with Gasteiger partial charge in [-0.25, -0.2) is 0 Å². The van der Waals surface area contributed by atoms with Crippen LogP contribution in [0.1, 0.15) is 24.0 Å². The van der Waals surface area contributed by atoms with Crippen LogP contribution in [0.25, 0.3) is 6.08 Å². The predicted molar refractivity (Wildman–Crippen MR) is 106 cm³/mol. The highest BCUT2D eigenvalue weighted by atomic mass is 16.2. The smallest absolute Gasteiger partial charge is 0.246 e. The molecule has 1 spiro atoms. The maximum absolute atomic E-state index is 12.7. The number of rotatable bonds is 3. The summed E-state index contributed by atoms with van der Waals surface area (Å²) < 4.78 is 0. The Bertz CT molecular complexity index is 852. The van der Waals surface area contributed by atoms with Crippen molar-refractivity contribution in [2.24, 2.45) is 0 Å². The van der Waals surface area contributed by atoms with E-state index in [4.69, 9.17) is 0 Å². The summed E-state index contributed by atoms with van der Waals surface area (Å²) in [6.45, 7) is 5.78. The molecule has 4 rings (SSSR count). The van der Waals surface area contributed by atoms with Gasteiger partial charge in [-0.2, -0.15) is 0 Å². The summed E-state index contributed by atoms with van der Waals surface area (Å²) in [5.41, 5.74) is 2.68. The monoisotopic (exact) mass is 379 g/mol. The van der Waals surface area contributed by atoms with E-state index < -0.39 is 0 Å². The van der Waals surface area contributed by atoms with Gasteiger partial charge in [0, 0.05) is 31.6 Å². The molecule has 2 aliphatic heterocycles. The molecule has 0 N–H and O–H groups in total. The molecule has 3 aliphatic rings. The van der Waals surface area contributed by atoms with Gasteiger partial charge in [0.05, 0.1) is 6.54 Å². The summed E-state index contributed by atoms with van der Waals surface area (Å²) in [4.78, 5) is 41.6. The fraction of sp³-hybridized carbons (Fsp3) is 0.409. The van der Waals surface area contributed by atoms with Crippen molar-refractivity contribution in [1.29, 1.82) is 0 Å². The first-order valence-electron chi connectivity index (χ1n) is 9.78. The Morgan fingerprint density at radius 1 is 1.07 bits per heavy atom. The fourth-order valence-corrected chi connectivity index (χ4v) is 4.48. The molecule has 0 radical (unpaired) electrons. The Kier molecular flexibility index (Phi) is 4.79. The van der Waals surface area contributed by atoms with Gasteiger partial charge in [0.1, 0.15) is 6.54 Å². The highest BCUT2D eigenvalue weighted by Gasteiger charge is 2.39. The number of piperazine rings is 1. The number of allylic oxidation sites excluding steroid dienone is 1. The largest absolute Gasteiger partial charge is 0.341 e. The molecule has 28 heavy (non-hydrogen) atoms. The lowest BCUT2D eigenvalue weighted by atomic mass is 9.74. The van der Waals surface area contributed by atoms with E-state index in [0.29, 0.717) is 26.2 Å². The highest BCUT2D eigenvalue weighted by Crippen LogP contribution is 2.43. The molecule has 0 atom stereocenters. The van der Waals surface area contributed by atoms with Gasteiger partial charge in [-0.3, -0.25) is 14.4 Å². The lowest BCUT2D eigenvalue weighted by Gasteiger charge is -2.40. The van der Waals surface area contributed by atoms with Crippen LogP contribution in [0.15, 0.2) is 43.0 Å². The molecule has 1 aromatic carbocycles. The zero-order valence-corrected chi connectivity index (χ0v) is 16.0. The van der Waals surface area contributed by atoms with Crippen LogP contribution in [0.3, 0.4) is 0 Å². The second kappa shape index (κ2) is 7.26. The number of piperidine rings is 1. The van der Waals surface area contributed by atoms with Crippen LogP contribution in [-0.2, 0) is 19.8 Å². The zero-order chi connectivity index (χ0) is 19.7. The summed E-state index contributed by atoms with van der Waals surface area (Å²) in [6.07, 6.45) is 7.51. The standard InChI is InChI=1S/C22H25N3O3/c1-2-19(26)24-13-14-25(21(28)16-24)15-20(27)23-11-9-22(10-12-23)8-7-17-5-3-4-6-18(17)22/h2-8H,1,9-16H2. The normalized spacial score (nSPS) is 20.4. The number of amides is 3. The second-order valence-corrected chi connectivity index (χ2v) is 7.74. The SMILES string of the molecule is C=CC(=O)N1CCN(CC(=O)N2CCC3(C=Cc4ccccc43)CC2)C(=O)C1. The van der Waals surface area contributed by atoms with E-state index in [-0.39, 0.29) is 36.2 Å². The number of carbonyl (C=O) groups is 3. The molecular formula is C22H25N3O3. The van der Waals surface area contributed by atoms with E-state index in [9.17, 15) is 14.4 Å². The first-order valence-corrected chi connectivity index (χ1v) is 9.78. The Labute approximate surface area is 165 Å². The van der Waals surface area contributed by atoms with E-state index in [2.05, 4.69) is 43.0 Å². The summed E-state index contributed by atoms with van der Waals surface area (Å²) in [5.74, 6) is -0.441. The Morgan fingerprint density at radius 3 is 2.54 bits per heavy atom. The minimum Gasteiger partial charge on any atom is -0.341 e. The van der Waals surface area contributed by atoms with Crippen molar-refractivity contribution in [3.05, 3.63) is 54.1 Å². The lowest BCUT2D eigenvalue weighted by molar-refractivity contribution is -0.147. The molecule has 0 bridgehead atoms. The van der Waals surface area contributed by atoms with Crippen molar-refractivity contribution in [2.75, 3.05) is 39.3 Å². The zero-order valence-electron chi connectivity index (χ0n) is 16.0. The van der Waals surface area contributed by atoms with Gasteiger partial charge in [-0.1, -0.05) is 43.0 Å². The molecule has 2 saturated heterocycles. The first kappa shape index (κ1) is 18.5. The number of hydrogen-bond donors (Lipinski definition) is 0. The molecule has 3 amide bonds. The van der Waals surface area contributed by atoms with Crippen LogP contribution in [-0.4, -0.2) is 71.7 Å². The van der Waals surface area contributed by atoms with Gasteiger partial charge in [0.25, 0.3) is 0 Å². The van der Waals surface area contributed by atoms with E-state index in [1.54, 1.807) is 4.90 Å². The lowest BCUT2D eigenvalue weighted by Crippen LogP contribution is -2.55. The van der Waals surface area contributed by atoms with Crippen molar-refractivity contribution in [3.63, 3.8) is 0 Å². The van der Waals surface area contributed by atoms with Gasteiger partial charge in [0.2, 0.25) is 17.7 Å². The average molecular weight is 379 g/mol. The van der Waals surface area contributed by atoms with Crippen LogP contribution < -0.4 is 0 Å². The maximum atomic E-state index is 12.7. The van der Waals surface area contributed by atoms with Crippen molar-refractivity contribution >= 4 is 23.8 Å². The van der Waals surface area contributed by atoms with Gasteiger partial charge in [-0.05, 0) is 30.0 Å². The summed E-state index contributed by atoms with van der Waals surface area (Å²) in [7, 11) is 0. The molecule has 2 fully saturated rings. The summed E-state index contributed by atoms with van der Waals surface area (Å²) in [6, 6.07) is 8.46. The van der Waals surface area contributed by atoms with Gasteiger partial charge in [0.15, 0.2) is 0 Å². The summed E-state index contributed by atoms with van der Waals surface area (Å²) >= 11 is 0. The molecule has 0 saturated carbocycles. The molecule has 6 nitrogen and oxygen atoms in total. The van der Waals surface area contributed by atoms with E-state index in [1.807, 2.05) is 4.90 Å². The van der Waals surface area contributed by atoms with Crippen molar-refractivity contribution in [3.8, 4) is 0 Å². The van der Waals surface area contributed by atoms with Crippen molar-refractivity contribution < 1.29 is 14.4 Å². The molecule has 0 aromatic heterocycles. The molecule has 2 heterocycles. The quantitative estimate of drug-likeness (QED) is 0.747. The Morgan fingerprint density at radius 2 is 1.82 bits per heavy atom. The van der Waals surface area contributed by atoms with Gasteiger partial charge < -0.3 is 14.7 Å². The molecule has 1 aliphatic carbocycles. The van der Waals surface area contributed by atoms with Crippen molar-refractivity contribution in [2.45, 2.75) is 18.3 Å². The van der Waals surface area contributed by atoms with Crippen LogP contribution in [0.4, 0.5) is 0 Å². The third-order valence-corrected chi connectivity index (χ3v) is 6.22. The van der Waals surface area contributed by atoms with Crippen LogP contribution in [0, 0.1) is 0 Å². The highest BCUT2D eigenvalue weighted by molar-refractivity contribution is 5.93. The number of likely N-dealkylation sites (tertiary alicyclic amines) is 1. The maximum Gasteiger partial charge on any atom is 0.246 e. The second-order valence-electron chi connectivity index (χ2n) is 7.74. The first-order chi connectivity index (χ1) is 13.5. The average Bonchev–Trinajstić information content (AvgIpc) is 3.07. The molecule has 1 aromatic rings. The molecule has 0 unspecified atom stereocenters. The minimum absolute atomic E-state index is 0.0121. The topological polar surface area (TPSA) is 60.9 Å². The van der Waals surface area contributed by atoms with Crippen molar-refractivity contribution in [1.82, 2.24) is 14.7 Å². The summed E-state index contributed by atoms with van der Waals surface area (Å²) in [5, 5.41) is 0.